The van der Waals surface area contributed by atoms with Gasteiger partial charge in [0.25, 0.3) is 5.91 Å². The van der Waals surface area contributed by atoms with Crippen LogP contribution in [0.3, 0.4) is 0 Å². The molecule has 0 aliphatic carbocycles. The van der Waals surface area contributed by atoms with Gasteiger partial charge in [0.1, 0.15) is 17.2 Å². The van der Waals surface area contributed by atoms with Crippen LogP contribution in [0.5, 0.6) is 11.5 Å². The molecule has 0 aliphatic rings. The number of carbonyl (C=O) groups is 1. The molecule has 2 N–H and O–H groups in total. The number of H-pyrrole nitrogens is 1. The Labute approximate surface area is 169 Å². The fourth-order valence-electron chi connectivity index (χ4n) is 2.69. The number of aromatic amines is 1. The number of carbonyl (C=O) groups excluding carboxylic acids is 1. The summed E-state index contributed by atoms with van der Waals surface area (Å²) in [4.78, 5) is 12.3. The van der Waals surface area contributed by atoms with Crippen molar-refractivity contribution in [2.24, 2.45) is 5.10 Å². The van der Waals surface area contributed by atoms with Gasteiger partial charge in [-0.15, -0.1) is 0 Å². The Bertz CT molecular complexity index is 1040. The number of amides is 1. The molecule has 0 saturated carbocycles. The first-order chi connectivity index (χ1) is 14.1. The van der Waals surface area contributed by atoms with Gasteiger partial charge in [0.15, 0.2) is 0 Å². The molecular formula is C22H22N4O3. The maximum Gasteiger partial charge on any atom is 0.289 e. The Balaban J connectivity index is 1.69. The van der Waals surface area contributed by atoms with Gasteiger partial charge >= 0.3 is 0 Å². The maximum atomic E-state index is 12.3. The standard InChI is InChI=1S/C22H22N4O3/c1-15(11-16-7-5-4-6-8-16)14-23-26-22(27)20-13-19(24-25-20)18-12-17(28-2)9-10-21(18)29-3/h4-14H,1-3H3,(H,24,25)(H,26,27)/b15-11+,23-14+. The molecule has 148 valence electrons. The van der Waals surface area contributed by atoms with Crippen molar-refractivity contribution in [3.8, 4) is 22.8 Å². The minimum absolute atomic E-state index is 0.284. The van der Waals surface area contributed by atoms with Crippen LogP contribution in [0.15, 0.2) is 65.3 Å². The highest BCUT2D eigenvalue weighted by molar-refractivity contribution is 5.94. The zero-order chi connectivity index (χ0) is 20.6. The molecule has 0 radical (unpaired) electrons. The number of methoxy groups -OCH3 is 2. The van der Waals surface area contributed by atoms with Gasteiger partial charge in [0.2, 0.25) is 0 Å². The van der Waals surface area contributed by atoms with E-state index in [4.69, 9.17) is 9.47 Å². The molecule has 29 heavy (non-hydrogen) atoms. The van der Waals surface area contributed by atoms with Crippen LogP contribution in [0.1, 0.15) is 23.0 Å². The number of benzene rings is 2. The van der Waals surface area contributed by atoms with Gasteiger partial charge in [-0.2, -0.15) is 10.2 Å². The first-order valence-corrected chi connectivity index (χ1v) is 8.95. The summed E-state index contributed by atoms with van der Waals surface area (Å²) in [5.41, 5.74) is 6.03. The Morgan fingerprint density at radius 2 is 1.90 bits per heavy atom. The van der Waals surface area contributed by atoms with Crippen LogP contribution in [0.2, 0.25) is 0 Å². The largest absolute Gasteiger partial charge is 0.497 e. The average Bonchev–Trinajstić information content (AvgIpc) is 3.24. The molecule has 7 nitrogen and oxygen atoms in total. The van der Waals surface area contributed by atoms with Gasteiger partial charge in [0.05, 0.1) is 26.1 Å². The second-order valence-electron chi connectivity index (χ2n) is 6.23. The smallest absolute Gasteiger partial charge is 0.289 e. The third-order valence-corrected chi connectivity index (χ3v) is 4.13. The lowest BCUT2D eigenvalue weighted by Gasteiger charge is -2.08. The van der Waals surface area contributed by atoms with Crippen molar-refractivity contribution in [3.63, 3.8) is 0 Å². The second kappa shape index (κ2) is 9.36. The molecule has 2 aromatic carbocycles. The predicted octanol–water partition coefficient (Wildman–Crippen LogP) is 3.91. The number of allylic oxidation sites excluding steroid dienone is 1. The Morgan fingerprint density at radius 3 is 2.62 bits per heavy atom. The number of hydrogen-bond acceptors (Lipinski definition) is 5. The molecular weight excluding hydrogens is 368 g/mol. The Hall–Kier alpha value is -3.87. The molecule has 3 rings (SSSR count). The zero-order valence-electron chi connectivity index (χ0n) is 16.5. The SMILES string of the molecule is COc1ccc(OC)c(-c2cc(C(=O)N/N=C/C(C)=C/c3ccccc3)[nH]n2)c1. The minimum Gasteiger partial charge on any atom is -0.497 e. The third-order valence-electron chi connectivity index (χ3n) is 4.13. The van der Waals surface area contributed by atoms with Gasteiger partial charge in [-0.25, -0.2) is 5.43 Å². The van der Waals surface area contributed by atoms with E-state index in [0.29, 0.717) is 22.8 Å². The van der Waals surface area contributed by atoms with Crippen molar-refractivity contribution in [1.82, 2.24) is 15.6 Å². The summed E-state index contributed by atoms with van der Waals surface area (Å²) in [6, 6.07) is 16.9. The third kappa shape index (κ3) is 5.10. The maximum absolute atomic E-state index is 12.3. The second-order valence-corrected chi connectivity index (χ2v) is 6.23. The van der Waals surface area contributed by atoms with Crippen molar-refractivity contribution in [3.05, 3.63) is 71.4 Å². The predicted molar refractivity (Wildman–Crippen MR) is 113 cm³/mol. The normalized spacial score (nSPS) is 11.5. The molecule has 1 aromatic heterocycles. The molecule has 7 heteroatoms. The highest BCUT2D eigenvalue weighted by Crippen LogP contribution is 2.32. The fourth-order valence-corrected chi connectivity index (χ4v) is 2.69. The summed E-state index contributed by atoms with van der Waals surface area (Å²) >= 11 is 0. The molecule has 0 saturated heterocycles. The van der Waals surface area contributed by atoms with Gasteiger partial charge < -0.3 is 9.47 Å². The van der Waals surface area contributed by atoms with Gasteiger partial charge in [0, 0.05) is 5.56 Å². The lowest BCUT2D eigenvalue weighted by Crippen LogP contribution is -2.17. The summed E-state index contributed by atoms with van der Waals surface area (Å²) < 4.78 is 10.6. The lowest BCUT2D eigenvalue weighted by molar-refractivity contribution is 0.0950. The van der Waals surface area contributed by atoms with E-state index in [1.807, 2.05) is 43.3 Å². The molecule has 0 bridgehead atoms. The van der Waals surface area contributed by atoms with E-state index in [1.54, 1.807) is 44.7 Å². The fraction of sp³-hybridized carbons (Fsp3) is 0.136. The molecule has 0 atom stereocenters. The minimum atomic E-state index is -0.394. The summed E-state index contributed by atoms with van der Waals surface area (Å²) in [5, 5.41) is 10.9. The number of ether oxygens (including phenoxy) is 2. The zero-order valence-corrected chi connectivity index (χ0v) is 16.5. The van der Waals surface area contributed by atoms with Crippen molar-refractivity contribution in [2.75, 3.05) is 14.2 Å². The van der Waals surface area contributed by atoms with Crippen LogP contribution in [0.25, 0.3) is 17.3 Å². The van der Waals surface area contributed by atoms with Gasteiger partial charge in [-0.1, -0.05) is 36.4 Å². The van der Waals surface area contributed by atoms with E-state index >= 15 is 0 Å². The molecule has 0 fully saturated rings. The van der Waals surface area contributed by atoms with Crippen LogP contribution < -0.4 is 14.9 Å². The van der Waals surface area contributed by atoms with Crippen LogP contribution in [-0.2, 0) is 0 Å². The Kier molecular flexibility index (Phi) is 6.42. The van der Waals surface area contributed by atoms with Gasteiger partial charge in [-0.05, 0) is 42.3 Å². The van der Waals surface area contributed by atoms with Crippen LogP contribution in [-0.4, -0.2) is 36.5 Å². The molecule has 0 spiro atoms. The number of hydrazone groups is 1. The van der Waals surface area contributed by atoms with E-state index in [9.17, 15) is 4.79 Å². The van der Waals surface area contributed by atoms with Gasteiger partial charge in [-0.3, -0.25) is 9.89 Å². The number of nitrogens with one attached hydrogen (secondary N) is 2. The number of aromatic nitrogens is 2. The average molecular weight is 390 g/mol. The Morgan fingerprint density at radius 1 is 1.10 bits per heavy atom. The molecule has 3 aromatic rings. The number of nitrogens with zero attached hydrogens (tertiary/aromatic N) is 2. The van der Waals surface area contributed by atoms with Crippen molar-refractivity contribution in [2.45, 2.75) is 6.92 Å². The number of hydrogen-bond donors (Lipinski definition) is 2. The topological polar surface area (TPSA) is 88.6 Å². The van der Waals surface area contributed by atoms with E-state index in [1.165, 1.54) is 0 Å². The molecule has 1 heterocycles. The summed E-state index contributed by atoms with van der Waals surface area (Å²) in [7, 11) is 3.16. The summed E-state index contributed by atoms with van der Waals surface area (Å²) in [6.07, 6.45) is 3.56. The van der Waals surface area contributed by atoms with E-state index in [0.717, 1.165) is 11.1 Å². The molecule has 0 unspecified atom stereocenters. The molecule has 1 amide bonds. The van der Waals surface area contributed by atoms with Crippen molar-refractivity contribution >= 4 is 18.2 Å². The van der Waals surface area contributed by atoms with E-state index < -0.39 is 5.91 Å². The first-order valence-electron chi connectivity index (χ1n) is 8.95. The first kappa shape index (κ1) is 19.9. The van der Waals surface area contributed by atoms with Crippen LogP contribution in [0.4, 0.5) is 0 Å². The molecule has 0 aliphatic heterocycles. The highest BCUT2D eigenvalue weighted by Gasteiger charge is 2.14. The number of rotatable bonds is 7. The highest BCUT2D eigenvalue weighted by atomic mass is 16.5. The summed E-state index contributed by atoms with van der Waals surface area (Å²) in [6.45, 7) is 1.91. The monoisotopic (exact) mass is 390 g/mol. The lowest BCUT2D eigenvalue weighted by atomic mass is 10.1. The van der Waals surface area contributed by atoms with Crippen molar-refractivity contribution in [1.29, 1.82) is 0 Å². The summed E-state index contributed by atoms with van der Waals surface area (Å²) in [5.74, 6) is 0.901. The van der Waals surface area contributed by atoms with E-state index in [2.05, 4.69) is 20.7 Å². The van der Waals surface area contributed by atoms with Crippen molar-refractivity contribution < 1.29 is 14.3 Å². The quantitative estimate of drug-likeness (QED) is 0.473. The van der Waals surface area contributed by atoms with Crippen LogP contribution >= 0.6 is 0 Å². The van der Waals surface area contributed by atoms with Crippen LogP contribution in [0, 0.1) is 0 Å². The van der Waals surface area contributed by atoms with E-state index in [-0.39, 0.29) is 5.69 Å².